The van der Waals surface area contributed by atoms with E-state index in [0.717, 1.165) is 23.4 Å². The highest BCUT2D eigenvalue weighted by Gasteiger charge is 2.41. The molecule has 1 heterocycles. The predicted octanol–water partition coefficient (Wildman–Crippen LogP) is 3.23. The molecule has 2 fully saturated rings. The predicted molar refractivity (Wildman–Crippen MR) is 93.7 cm³/mol. The molecule has 1 aromatic carbocycles. The number of hydrogen-bond acceptors (Lipinski definition) is 5. The Labute approximate surface area is 140 Å². The fraction of sp³-hybridized carbons (Fsp3) is 0.500. The van der Waals surface area contributed by atoms with E-state index in [4.69, 9.17) is 5.73 Å². The second-order valence-corrected chi connectivity index (χ2v) is 7.91. The third-order valence-electron chi connectivity index (χ3n) is 4.99. The first-order valence-corrected chi connectivity index (χ1v) is 9.27. The maximum absolute atomic E-state index is 9.60. The van der Waals surface area contributed by atoms with Crippen LogP contribution in [0.1, 0.15) is 42.9 Å². The van der Waals surface area contributed by atoms with E-state index in [0.29, 0.717) is 29.8 Å². The van der Waals surface area contributed by atoms with Gasteiger partial charge in [-0.3, -0.25) is 0 Å². The summed E-state index contributed by atoms with van der Waals surface area (Å²) in [4.78, 5) is 5.90. The number of aromatic nitrogens is 1. The molecule has 122 valence electrons. The van der Waals surface area contributed by atoms with E-state index < -0.39 is 0 Å². The fourth-order valence-corrected chi connectivity index (χ4v) is 4.60. The summed E-state index contributed by atoms with van der Waals surface area (Å²) in [5.74, 6) is 0.898. The lowest BCUT2D eigenvalue weighted by atomic mass is 9.92. The lowest BCUT2D eigenvalue weighted by Gasteiger charge is -2.27. The quantitative estimate of drug-likeness (QED) is 0.805. The Morgan fingerprint density at radius 1 is 1.22 bits per heavy atom. The zero-order chi connectivity index (χ0) is 15.8. The van der Waals surface area contributed by atoms with Crippen LogP contribution >= 0.6 is 11.3 Å². The summed E-state index contributed by atoms with van der Waals surface area (Å²) < 4.78 is 0. The van der Waals surface area contributed by atoms with E-state index in [1.807, 2.05) is 18.3 Å². The summed E-state index contributed by atoms with van der Waals surface area (Å²) in [6, 6.07) is 8.98. The highest BCUT2D eigenvalue weighted by atomic mass is 32.1. The van der Waals surface area contributed by atoms with E-state index in [2.05, 4.69) is 10.3 Å². The maximum Gasteiger partial charge on any atom is 0.123 e. The molecule has 1 aromatic heterocycles. The van der Waals surface area contributed by atoms with Gasteiger partial charge in [-0.15, -0.1) is 11.3 Å². The van der Waals surface area contributed by atoms with E-state index in [-0.39, 0.29) is 0 Å². The van der Waals surface area contributed by atoms with Gasteiger partial charge in [0, 0.05) is 40.7 Å². The van der Waals surface area contributed by atoms with Crippen molar-refractivity contribution >= 4 is 11.3 Å². The molecule has 4 rings (SSSR count). The van der Waals surface area contributed by atoms with Crippen LogP contribution in [-0.2, 0) is 0 Å². The van der Waals surface area contributed by atoms with Crippen molar-refractivity contribution in [1.82, 2.24) is 10.3 Å². The van der Waals surface area contributed by atoms with E-state index in [1.165, 1.54) is 24.1 Å². The van der Waals surface area contributed by atoms with Crippen molar-refractivity contribution in [3.05, 3.63) is 35.3 Å². The monoisotopic (exact) mass is 329 g/mol. The molecule has 23 heavy (non-hydrogen) atoms. The SMILES string of the molecule is NC1CCC(NC2C[C@@H]2c2cnc(-c3cccc(O)c3)s2)CC1. The summed E-state index contributed by atoms with van der Waals surface area (Å²) in [5.41, 5.74) is 6.97. The number of phenols is 1. The van der Waals surface area contributed by atoms with Gasteiger partial charge in [-0.1, -0.05) is 12.1 Å². The molecular weight excluding hydrogens is 306 g/mol. The average molecular weight is 329 g/mol. The number of nitrogens with zero attached hydrogens (tertiary/aromatic N) is 1. The summed E-state index contributed by atoms with van der Waals surface area (Å²) in [6.07, 6.45) is 7.94. The number of hydrogen-bond donors (Lipinski definition) is 3. The minimum Gasteiger partial charge on any atom is -0.508 e. The van der Waals surface area contributed by atoms with Crippen LogP contribution < -0.4 is 11.1 Å². The van der Waals surface area contributed by atoms with E-state index in [9.17, 15) is 5.11 Å². The number of nitrogens with one attached hydrogen (secondary N) is 1. The zero-order valence-corrected chi connectivity index (χ0v) is 13.9. The number of nitrogens with two attached hydrogens (primary N) is 1. The molecular formula is C18H23N3OS. The second kappa shape index (κ2) is 6.23. The minimum absolute atomic E-state index is 0.292. The topological polar surface area (TPSA) is 71.2 Å². The largest absolute Gasteiger partial charge is 0.508 e. The van der Waals surface area contributed by atoms with Gasteiger partial charge in [-0.25, -0.2) is 4.98 Å². The standard InChI is InChI=1S/C18H23N3OS/c19-12-4-6-13(7-5-12)21-16-9-15(16)17-10-20-18(23-17)11-2-1-3-14(22)8-11/h1-3,8,10,12-13,15-16,21-22H,4-7,9,19H2/t12?,13?,15-,16?/m0/s1. The molecule has 0 radical (unpaired) electrons. The van der Waals surface area contributed by atoms with Gasteiger partial charge in [0.1, 0.15) is 10.8 Å². The van der Waals surface area contributed by atoms with Gasteiger partial charge >= 0.3 is 0 Å². The van der Waals surface area contributed by atoms with Crippen LogP contribution in [0.15, 0.2) is 30.5 Å². The van der Waals surface area contributed by atoms with Crippen molar-refractivity contribution in [2.24, 2.45) is 5.73 Å². The summed E-state index contributed by atoms with van der Waals surface area (Å²) >= 11 is 1.75. The first kappa shape index (κ1) is 15.1. The van der Waals surface area contributed by atoms with Gasteiger partial charge in [0.15, 0.2) is 0 Å². The molecule has 0 aliphatic heterocycles. The van der Waals surface area contributed by atoms with Crippen molar-refractivity contribution in [1.29, 1.82) is 0 Å². The van der Waals surface area contributed by atoms with Crippen LogP contribution in [0.25, 0.3) is 10.6 Å². The molecule has 0 saturated heterocycles. The Bertz CT molecular complexity index is 678. The molecule has 4 N–H and O–H groups in total. The van der Waals surface area contributed by atoms with Gasteiger partial charge in [0.05, 0.1) is 0 Å². The van der Waals surface area contributed by atoms with Gasteiger partial charge in [-0.2, -0.15) is 0 Å². The third-order valence-corrected chi connectivity index (χ3v) is 6.17. The molecule has 1 unspecified atom stereocenters. The minimum atomic E-state index is 0.292. The lowest BCUT2D eigenvalue weighted by molar-refractivity contribution is 0.340. The Balaban J connectivity index is 1.37. The molecule has 0 amide bonds. The molecule has 0 spiro atoms. The van der Waals surface area contributed by atoms with Crippen LogP contribution in [0.5, 0.6) is 5.75 Å². The number of aromatic hydroxyl groups is 1. The Kier molecular flexibility index (Phi) is 4.09. The van der Waals surface area contributed by atoms with Gasteiger partial charge < -0.3 is 16.2 Å². The average Bonchev–Trinajstić information content (AvgIpc) is 3.13. The summed E-state index contributed by atoms with van der Waals surface area (Å²) in [6.45, 7) is 0. The van der Waals surface area contributed by atoms with Crippen LogP contribution in [-0.4, -0.2) is 28.2 Å². The van der Waals surface area contributed by atoms with Crippen LogP contribution in [0, 0.1) is 0 Å². The van der Waals surface area contributed by atoms with Crippen LogP contribution in [0.4, 0.5) is 0 Å². The molecule has 4 nitrogen and oxygen atoms in total. The second-order valence-electron chi connectivity index (χ2n) is 6.85. The first-order valence-electron chi connectivity index (χ1n) is 8.46. The number of thiazole rings is 1. The third kappa shape index (κ3) is 3.42. The molecule has 2 saturated carbocycles. The van der Waals surface area contributed by atoms with Gasteiger partial charge in [0.2, 0.25) is 0 Å². The zero-order valence-electron chi connectivity index (χ0n) is 13.1. The highest BCUT2D eigenvalue weighted by molar-refractivity contribution is 7.15. The number of rotatable bonds is 4. The van der Waals surface area contributed by atoms with Crippen molar-refractivity contribution < 1.29 is 5.11 Å². The first-order chi connectivity index (χ1) is 11.2. The van der Waals surface area contributed by atoms with Crippen molar-refractivity contribution in [2.75, 3.05) is 0 Å². The Hall–Kier alpha value is -1.43. The molecule has 2 atom stereocenters. The molecule has 2 aliphatic carbocycles. The molecule has 2 aromatic rings. The summed E-state index contributed by atoms with van der Waals surface area (Å²) in [7, 11) is 0. The Morgan fingerprint density at radius 3 is 2.83 bits per heavy atom. The molecule has 5 heteroatoms. The molecule has 0 bridgehead atoms. The van der Waals surface area contributed by atoms with Crippen molar-refractivity contribution in [2.45, 2.75) is 56.1 Å². The number of phenolic OH excluding ortho intramolecular Hbond substituents is 1. The van der Waals surface area contributed by atoms with Crippen LogP contribution in [0.3, 0.4) is 0 Å². The number of benzene rings is 1. The highest BCUT2D eigenvalue weighted by Crippen LogP contribution is 2.45. The van der Waals surface area contributed by atoms with E-state index in [1.54, 1.807) is 23.5 Å². The lowest BCUT2D eigenvalue weighted by Crippen LogP contribution is -2.38. The fourth-order valence-electron chi connectivity index (χ4n) is 3.51. The Morgan fingerprint density at radius 2 is 2.04 bits per heavy atom. The van der Waals surface area contributed by atoms with Gasteiger partial charge in [0.25, 0.3) is 0 Å². The van der Waals surface area contributed by atoms with E-state index >= 15 is 0 Å². The molecule has 2 aliphatic rings. The summed E-state index contributed by atoms with van der Waals surface area (Å²) in [5, 5.41) is 14.4. The van der Waals surface area contributed by atoms with Gasteiger partial charge in [-0.05, 0) is 44.2 Å². The van der Waals surface area contributed by atoms with Crippen LogP contribution in [0.2, 0.25) is 0 Å². The normalized spacial score (nSPS) is 30.3. The maximum atomic E-state index is 9.60. The van der Waals surface area contributed by atoms with Crippen molar-refractivity contribution in [3.8, 4) is 16.3 Å². The smallest absolute Gasteiger partial charge is 0.123 e. The van der Waals surface area contributed by atoms with Crippen molar-refractivity contribution in [3.63, 3.8) is 0 Å².